The molecule has 0 aliphatic heterocycles. The van der Waals surface area contributed by atoms with E-state index in [4.69, 9.17) is 0 Å². The molecule has 0 radical (unpaired) electrons. The van der Waals surface area contributed by atoms with Gasteiger partial charge in [0.05, 0.1) is 5.52 Å². The van der Waals surface area contributed by atoms with Gasteiger partial charge in [0.25, 0.3) is 0 Å². The molecule has 0 amide bonds. The third-order valence-electron chi connectivity index (χ3n) is 3.34. The zero-order chi connectivity index (χ0) is 13.9. The van der Waals surface area contributed by atoms with Crippen molar-refractivity contribution in [2.24, 2.45) is 0 Å². The largest absolute Gasteiger partial charge is 0.316 e. The van der Waals surface area contributed by atoms with Gasteiger partial charge in [-0.15, -0.1) is 0 Å². The molecule has 0 unspecified atom stereocenters. The molecular weight excluding hydrogens is 251 g/mol. The van der Waals surface area contributed by atoms with Crippen LogP contribution in [0, 0.1) is 5.82 Å². The van der Waals surface area contributed by atoms with E-state index in [0.717, 1.165) is 27.6 Å². The summed E-state index contributed by atoms with van der Waals surface area (Å²) in [6, 6.07) is 14.9. The number of fused-ring (bicyclic) bond motifs is 1. The molecule has 0 saturated heterocycles. The zero-order valence-electron chi connectivity index (χ0n) is 11.2. The summed E-state index contributed by atoms with van der Waals surface area (Å²) >= 11 is 0. The average molecular weight is 266 g/mol. The van der Waals surface area contributed by atoms with E-state index < -0.39 is 0 Å². The van der Waals surface area contributed by atoms with Gasteiger partial charge in [-0.3, -0.25) is 4.98 Å². The molecule has 1 N–H and O–H groups in total. The number of hydrogen-bond acceptors (Lipinski definition) is 2. The van der Waals surface area contributed by atoms with Crippen LogP contribution in [0.5, 0.6) is 0 Å². The van der Waals surface area contributed by atoms with Crippen LogP contribution in [0.4, 0.5) is 4.39 Å². The van der Waals surface area contributed by atoms with E-state index >= 15 is 0 Å². The summed E-state index contributed by atoms with van der Waals surface area (Å²) in [5.41, 5.74) is 3.92. The zero-order valence-corrected chi connectivity index (χ0v) is 11.2. The van der Waals surface area contributed by atoms with Crippen LogP contribution in [-0.2, 0) is 6.54 Å². The number of para-hydroxylation sites is 1. The number of aromatic nitrogens is 1. The highest BCUT2D eigenvalue weighted by atomic mass is 19.1. The second-order valence-electron chi connectivity index (χ2n) is 4.75. The van der Waals surface area contributed by atoms with Gasteiger partial charge in [-0.2, -0.15) is 0 Å². The Morgan fingerprint density at radius 3 is 2.80 bits per heavy atom. The summed E-state index contributed by atoms with van der Waals surface area (Å²) in [6.45, 7) is 0.625. The van der Waals surface area contributed by atoms with Crippen LogP contribution >= 0.6 is 0 Å². The SMILES string of the molecule is CNCc1cc(F)ccc1-c1cnc2ccccc2c1. The number of rotatable bonds is 3. The van der Waals surface area contributed by atoms with Crippen molar-refractivity contribution in [1.82, 2.24) is 10.3 Å². The topological polar surface area (TPSA) is 24.9 Å². The predicted molar refractivity (Wildman–Crippen MR) is 79.9 cm³/mol. The molecule has 3 aromatic rings. The monoisotopic (exact) mass is 266 g/mol. The molecular formula is C17H15FN2. The molecule has 3 heteroatoms. The minimum absolute atomic E-state index is 0.215. The maximum absolute atomic E-state index is 13.4. The van der Waals surface area contributed by atoms with E-state index in [9.17, 15) is 4.39 Å². The lowest BCUT2D eigenvalue weighted by Crippen LogP contribution is -2.06. The molecule has 0 spiro atoms. The molecule has 0 aliphatic carbocycles. The van der Waals surface area contributed by atoms with Crippen molar-refractivity contribution >= 4 is 10.9 Å². The lowest BCUT2D eigenvalue weighted by molar-refractivity contribution is 0.624. The third kappa shape index (κ3) is 2.40. The molecule has 0 fully saturated rings. The third-order valence-corrected chi connectivity index (χ3v) is 3.34. The Balaban J connectivity index is 2.14. The van der Waals surface area contributed by atoms with Gasteiger partial charge in [-0.1, -0.05) is 24.3 Å². The maximum Gasteiger partial charge on any atom is 0.123 e. The van der Waals surface area contributed by atoms with E-state index in [1.165, 1.54) is 6.07 Å². The Morgan fingerprint density at radius 1 is 1.10 bits per heavy atom. The Kier molecular flexibility index (Phi) is 3.44. The average Bonchev–Trinajstić information content (AvgIpc) is 2.47. The molecule has 2 nitrogen and oxygen atoms in total. The van der Waals surface area contributed by atoms with Gasteiger partial charge in [0.1, 0.15) is 5.82 Å². The van der Waals surface area contributed by atoms with Crippen LogP contribution in [0.1, 0.15) is 5.56 Å². The first kappa shape index (κ1) is 12.8. The van der Waals surface area contributed by atoms with Crippen molar-refractivity contribution in [3.05, 3.63) is 66.1 Å². The molecule has 3 rings (SSSR count). The Bertz CT molecular complexity index is 753. The molecule has 1 heterocycles. The van der Waals surface area contributed by atoms with Gasteiger partial charge in [0.15, 0.2) is 0 Å². The summed E-state index contributed by atoms with van der Waals surface area (Å²) in [4.78, 5) is 4.47. The predicted octanol–water partition coefficient (Wildman–Crippen LogP) is 3.76. The number of nitrogens with one attached hydrogen (secondary N) is 1. The molecule has 0 atom stereocenters. The molecule has 100 valence electrons. The number of nitrogens with zero attached hydrogens (tertiary/aromatic N) is 1. The smallest absolute Gasteiger partial charge is 0.123 e. The summed E-state index contributed by atoms with van der Waals surface area (Å²) < 4.78 is 13.4. The first-order chi connectivity index (χ1) is 9.78. The van der Waals surface area contributed by atoms with E-state index in [-0.39, 0.29) is 5.82 Å². The highest BCUT2D eigenvalue weighted by Crippen LogP contribution is 2.26. The Labute approximate surface area is 117 Å². The fourth-order valence-electron chi connectivity index (χ4n) is 2.40. The molecule has 0 bridgehead atoms. The van der Waals surface area contributed by atoms with Crippen molar-refractivity contribution in [1.29, 1.82) is 0 Å². The molecule has 1 aromatic heterocycles. The molecule has 0 aliphatic rings. The fraction of sp³-hybridized carbons (Fsp3) is 0.118. The van der Waals surface area contributed by atoms with Crippen LogP contribution in [0.3, 0.4) is 0 Å². The van der Waals surface area contributed by atoms with E-state index in [1.807, 2.05) is 43.6 Å². The summed E-state index contributed by atoms with van der Waals surface area (Å²) in [6.07, 6.45) is 1.84. The van der Waals surface area contributed by atoms with Gasteiger partial charge in [-0.25, -0.2) is 4.39 Å². The second kappa shape index (κ2) is 5.39. The Hall–Kier alpha value is -2.26. The van der Waals surface area contributed by atoms with Gasteiger partial charge in [0.2, 0.25) is 0 Å². The summed E-state index contributed by atoms with van der Waals surface area (Å²) in [5, 5.41) is 4.16. The summed E-state index contributed by atoms with van der Waals surface area (Å²) in [5.74, 6) is -0.215. The standard InChI is InChI=1S/C17H15FN2/c1-19-10-14-9-15(18)6-7-16(14)13-8-12-4-2-3-5-17(12)20-11-13/h2-9,11,19H,10H2,1H3. The van der Waals surface area contributed by atoms with Crippen LogP contribution in [0.2, 0.25) is 0 Å². The first-order valence-electron chi connectivity index (χ1n) is 6.56. The number of pyridine rings is 1. The normalized spacial score (nSPS) is 10.9. The first-order valence-corrected chi connectivity index (χ1v) is 6.56. The minimum Gasteiger partial charge on any atom is -0.316 e. The quantitative estimate of drug-likeness (QED) is 0.780. The molecule has 2 aromatic carbocycles. The molecule has 0 saturated carbocycles. The van der Waals surface area contributed by atoms with E-state index in [1.54, 1.807) is 6.07 Å². The minimum atomic E-state index is -0.215. The Morgan fingerprint density at radius 2 is 1.95 bits per heavy atom. The maximum atomic E-state index is 13.4. The van der Waals surface area contributed by atoms with Crippen molar-refractivity contribution in [3.8, 4) is 11.1 Å². The van der Waals surface area contributed by atoms with Gasteiger partial charge in [0, 0.05) is 23.7 Å². The van der Waals surface area contributed by atoms with E-state index in [0.29, 0.717) is 6.54 Å². The van der Waals surface area contributed by atoms with Crippen molar-refractivity contribution in [3.63, 3.8) is 0 Å². The van der Waals surface area contributed by atoms with Crippen molar-refractivity contribution in [2.45, 2.75) is 6.54 Å². The summed E-state index contributed by atoms with van der Waals surface area (Å²) in [7, 11) is 1.85. The van der Waals surface area contributed by atoms with Crippen LogP contribution < -0.4 is 5.32 Å². The van der Waals surface area contributed by atoms with Crippen molar-refractivity contribution in [2.75, 3.05) is 7.05 Å². The number of halogens is 1. The highest BCUT2D eigenvalue weighted by Gasteiger charge is 2.07. The van der Waals surface area contributed by atoms with Gasteiger partial charge < -0.3 is 5.32 Å². The molecule has 20 heavy (non-hydrogen) atoms. The lowest BCUT2D eigenvalue weighted by Gasteiger charge is -2.10. The van der Waals surface area contributed by atoms with Crippen LogP contribution in [-0.4, -0.2) is 12.0 Å². The fourth-order valence-corrected chi connectivity index (χ4v) is 2.40. The van der Waals surface area contributed by atoms with Gasteiger partial charge in [-0.05, 0) is 42.4 Å². The van der Waals surface area contributed by atoms with Crippen molar-refractivity contribution < 1.29 is 4.39 Å². The second-order valence-corrected chi connectivity index (χ2v) is 4.75. The number of hydrogen-bond donors (Lipinski definition) is 1. The van der Waals surface area contributed by atoms with Crippen LogP contribution in [0.25, 0.3) is 22.0 Å². The van der Waals surface area contributed by atoms with Gasteiger partial charge >= 0.3 is 0 Å². The van der Waals surface area contributed by atoms with Crippen LogP contribution in [0.15, 0.2) is 54.7 Å². The highest BCUT2D eigenvalue weighted by molar-refractivity contribution is 5.84. The lowest BCUT2D eigenvalue weighted by atomic mass is 9.99. The van der Waals surface area contributed by atoms with E-state index in [2.05, 4.69) is 16.4 Å². The number of benzene rings is 2.